The van der Waals surface area contributed by atoms with Crippen molar-refractivity contribution in [3.8, 4) is 0 Å². The third-order valence-electron chi connectivity index (χ3n) is 4.00. The van der Waals surface area contributed by atoms with Gasteiger partial charge in [-0.1, -0.05) is 6.07 Å². The Morgan fingerprint density at radius 2 is 2.13 bits per heavy atom. The van der Waals surface area contributed by atoms with Gasteiger partial charge in [-0.05, 0) is 36.3 Å². The Hall–Kier alpha value is -1.64. The first-order chi connectivity index (χ1) is 11.1. The molecule has 1 aliphatic rings. The van der Waals surface area contributed by atoms with Gasteiger partial charge in [-0.3, -0.25) is 4.79 Å². The Kier molecular flexibility index (Phi) is 4.84. The molecule has 124 valence electrons. The van der Waals surface area contributed by atoms with E-state index in [2.05, 4.69) is 5.32 Å². The lowest BCUT2D eigenvalue weighted by molar-refractivity contribution is 0.0941. The van der Waals surface area contributed by atoms with Gasteiger partial charge in [0.2, 0.25) is 0 Å². The largest absolute Gasteiger partial charge is 0.472 e. The van der Waals surface area contributed by atoms with Crippen molar-refractivity contribution in [1.82, 2.24) is 9.62 Å². The third kappa shape index (κ3) is 3.65. The van der Waals surface area contributed by atoms with E-state index in [1.807, 2.05) is 0 Å². The first kappa shape index (κ1) is 16.2. The minimum atomic E-state index is -3.36. The van der Waals surface area contributed by atoms with Gasteiger partial charge in [0.25, 0.3) is 15.9 Å². The summed E-state index contributed by atoms with van der Waals surface area (Å²) < 4.78 is 31.7. The second kappa shape index (κ2) is 6.86. The second-order valence-corrected chi connectivity index (χ2v) is 8.61. The molecule has 0 bridgehead atoms. The quantitative estimate of drug-likeness (QED) is 0.892. The van der Waals surface area contributed by atoms with Crippen molar-refractivity contribution in [3.05, 3.63) is 41.7 Å². The molecule has 1 aliphatic heterocycles. The molecule has 1 amide bonds. The predicted octanol–water partition coefficient (Wildman–Crippen LogP) is 2.17. The van der Waals surface area contributed by atoms with Crippen LogP contribution >= 0.6 is 11.3 Å². The number of thiophene rings is 1. The first-order valence-corrected chi connectivity index (χ1v) is 9.73. The van der Waals surface area contributed by atoms with Crippen molar-refractivity contribution in [3.63, 3.8) is 0 Å². The highest BCUT2D eigenvalue weighted by atomic mass is 32.2. The van der Waals surface area contributed by atoms with E-state index in [-0.39, 0.29) is 5.91 Å². The molecule has 3 rings (SSSR count). The summed E-state index contributed by atoms with van der Waals surface area (Å²) in [5.41, 5.74) is 0.503. The zero-order chi connectivity index (χ0) is 16.3. The van der Waals surface area contributed by atoms with E-state index in [1.165, 1.54) is 28.2 Å². The fourth-order valence-electron chi connectivity index (χ4n) is 2.62. The fourth-order valence-corrected chi connectivity index (χ4v) is 5.24. The summed E-state index contributed by atoms with van der Waals surface area (Å²) in [4.78, 5) is 11.9. The maximum absolute atomic E-state index is 12.4. The van der Waals surface area contributed by atoms with Gasteiger partial charge in [-0.2, -0.15) is 4.31 Å². The van der Waals surface area contributed by atoms with Gasteiger partial charge in [0.1, 0.15) is 10.5 Å². The molecule has 0 saturated carbocycles. The Balaban J connectivity index is 1.50. The Labute approximate surface area is 139 Å². The van der Waals surface area contributed by atoms with E-state index in [0.29, 0.717) is 35.3 Å². The average Bonchev–Trinajstić information content (AvgIpc) is 3.25. The van der Waals surface area contributed by atoms with Gasteiger partial charge >= 0.3 is 0 Å². The van der Waals surface area contributed by atoms with Crippen LogP contribution in [0.4, 0.5) is 0 Å². The number of hydrogen-bond donors (Lipinski definition) is 1. The molecule has 0 atom stereocenters. The maximum Gasteiger partial charge on any atom is 0.254 e. The number of piperidine rings is 1. The van der Waals surface area contributed by atoms with Crippen LogP contribution in [0.2, 0.25) is 0 Å². The van der Waals surface area contributed by atoms with E-state index in [9.17, 15) is 13.2 Å². The summed E-state index contributed by atoms with van der Waals surface area (Å²) >= 11 is 1.24. The van der Waals surface area contributed by atoms with Gasteiger partial charge in [-0.15, -0.1) is 11.3 Å². The van der Waals surface area contributed by atoms with Gasteiger partial charge in [0, 0.05) is 19.6 Å². The van der Waals surface area contributed by atoms with E-state index in [1.54, 1.807) is 23.6 Å². The van der Waals surface area contributed by atoms with Crippen molar-refractivity contribution in [2.24, 2.45) is 5.92 Å². The predicted molar refractivity (Wildman–Crippen MR) is 86.8 cm³/mol. The number of hydrogen-bond acceptors (Lipinski definition) is 5. The van der Waals surface area contributed by atoms with Crippen LogP contribution in [-0.4, -0.2) is 38.3 Å². The average molecular weight is 354 g/mol. The number of carbonyl (C=O) groups excluding carboxylic acids is 1. The summed E-state index contributed by atoms with van der Waals surface area (Å²) in [5, 5.41) is 4.64. The van der Waals surface area contributed by atoms with Crippen LogP contribution < -0.4 is 5.32 Å². The van der Waals surface area contributed by atoms with Crippen LogP contribution in [0.15, 0.2) is 44.7 Å². The summed E-state index contributed by atoms with van der Waals surface area (Å²) in [6.07, 6.45) is 4.36. The highest BCUT2D eigenvalue weighted by molar-refractivity contribution is 7.91. The summed E-state index contributed by atoms with van der Waals surface area (Å²) in [6.45, 7) is 1.54. The van der Waals surface area contributed by atoms with E-state index >= 15 is 0 Å². The van der Waals surface area contributed by atoms with Gasteiger partial charge in [0.05, 0.1) is 11.8 Å². The highest BCUT2D eigenvalue weighted by Crippen LogP contribution is 2.26. The fraction of sp³-hybridized carbons (Fsp3) is 0.400. The molecule has 2 aromatic rings. The van der Waals surface area contributed by atoms with Crippen molar-refractivity contribution in [1.29, 1.82) is 0 Å². The number of nitrogens with one attached hydrogen (secondary N) is 1. The van der Waals surface area contributed by atoms with Gasteiger partial charge < -0.3 is 9.73 Å². The lowest BCUT2D eigenvalue weighted by Gasteiger charge is -2.30. The number of furan rings is 1. The first-order valence-electron chi connectivity index (χ1n) is 7.41. The van der Waals surface area contributed by atoms with Crippen LogP contribution in [-0.2, 0) is 10.0 Å². The molecule has 0 unspecified atom stereocenters. The van der Waals surface area contributed by atoms with Crippen LogP contribution in [0.3, 0.4) is 0 Å². The number of carbonyl (C=O) groups is 1. The van der Waals surface area contributed by atoms with Crippen LogP contribution in [0, 0.1) is 5.92 Å². The molecule has 3 heterocycles. The van der Waals surface area contributed by atoms with Crippen LogP contribution in [0.5, 0.6) is 0 Å². The molecular weight excluding hydrogens is 336 g/mol. The van der Waals surface area contributed by atoms with Crippen molar-refractivity contribution < 1.29 is 17.6 Å². The summed E-state index contributed by atoms with van der Waals surface area (Å²) in [7, 11) is -3.36. The highest BCUT2D eigenvalue weighted by Gasteiger charge is 2.30. The number of amides is 1. The van der Waals surface area contributed by atoms with Gasteiger partial charge in [-0.25, -0.2) is 8.42 Å². The zero-order valence-corrected chi connectivity index (χ0v) is 14.1. The molecule has 0 aromatic carbocycles. The number of rotatable bonds is 5. The molecule has 8 heteroatoms. The van der Waals surface area contributed by atoms with Gasteiger partial charge in [0.15, 0.2) is 0 Å². The monoisotopic (exact) mass is 354 g/mol. The summed E-state index contributed by atoms with van der Waals surface area (Å²) in [6, 6.07) is 5.00. The molecule has 2 aromatic heterocycles. The summed E-state index contributed by atoms with van der Waals surface area (Å²) in [5.74, 6) is 0.132. The smallest absolute Gasteiger partial charge is 0.254 e. The Morgan fingerprint density at radius 3 is 2.74 bits per heavy atom. The third-order valence-corrected chi connectivity index (χ3v) is 7.27. The van der Waals surface area contributed by atoms with Crippen molar-refractivity contribution in [2.45, 2.75) is 17.1 Å². The second-order valence-electron chi connectivity index (χ2n) is 5.50. The zero-order valence-electron chi connectivity index (χ0n) is 12.5. The van der Waals surface area contributed by atoms with Crippen molar-refractivity contribution in [2.75, 3.05) is 19.6 Å². The minimum absolute atomic E-state index is 0.160. The maximum atomic E-state index is 12.4. The SMILES string of the molecule is O=C(NCC1CCN(S(=O)(=O)c2cccs2)CC1)c1ccoc1. The molecule has 1 saturated heterocycles. The molecule has 0 aliphatic carbocycles. The Bertz CT molecular complexity index is 731. The normalized spacial score (nSPS) is 17.2. The molecule has 1 fully saturated rings. The lowest BCUT2D eigenvalue weighted by Crippen LogP contribution is -2.41. The molecule has 1 N–H and O–H groups in total. The van der Waals surface area contributed by atoms with Crippen LogP contribution in [0.1, 0.15) is 23.2 Å². The molecular formula is C15H18N2O4S2. The topological polar surface area (TPSA) is 79.6 Å². The minimum Gasteiger partial charge on any atom is -0.472 e. The standard InChI is InChI=1S/C15H18N2O4S2/c18-15(13-5-8-21-11-13)16-10-12-3-6-17(7-4-12)23(19,20)14-2-1-9-22-14/h1-2,5,8-9,11-12H,3-4,6-7,10H2,(H,16,18). The Morgan fingerprint density at radius 1 is 1.35 bits per heavy atom. The molecule has 6 nitrogen and oxygen atoms in total. The van der Waals surface area contributed by atoms with E-state index < -0.39 is 10.0 Å². The van der Waals surface area contributed by atoms with Crippen molar-refractivity contribution >= 4 is 27.3 Å². The lowest BCUT2D eigenvalue weighted by atomic mass is 9.98. The van der Waals surface area contributed by atoms with E-state index in [4.69, 9.17) is 4.42 Å². The molecule has 0 spiro atoms. The number of nitrogens with zero attached hydrogens (tertiary/aromatic N) is 1. The van der Waals surface area contributed by atoms with Crippen LogP contribution in [0.25, 0.3) is 0 Å². The van der Waals surface area contributed by atoms with E-state index in [0.717, 1.165) is 12.8 Å². The number of sulfonamides is 1. The molecule has 23 heavy (non-hydrogen) atoms. The molecule has 0 radical (unpaired) electrons.